The zero-order chi connectivity index (χ0) is 35.6. The van der Waals surface area contributed by atoms with Crippen molar-refractivity contribution in [3.05, 3.63) is 59.7 Å². The van der Waals surface area contributed by atoms with Gasteiger partial charge >= 0.3 is 6.09 Å². The van der Waals surface area contributed by atoms with Crippen LogP contribution in [0.3, 0.4) is 0 Å². The van der Waals surface area contributed by atoms with Gasteiger partial charge in [-0.1, -0.05) is 90.9 Å². The average molecular weight is 729 g/mol. The zero-order valence-corrected chi connectivity index (χ0v) is 32.5. The number of ether oxygens (including phenoxy) is 1. The summed E-state index contributed by atoms with van der Waals surface area (Å²) in [5, 5.41) is 15.1. The highest BCUT2D eigenvalue weighted by Gasteiger charge is 2.34. The number of amides is 2. The number of alkyl carbamates (subject to hydrolysis) is 1. The average Bonchev–Trinajstić information content (AvgIpc) is 3.37. The van der Waals surface area contributed by atoms with Crippen molar-refractivity contribution in [1.82, 2.24) is 15.3 Å². The first-order chi connectivity index (χ1) is 23.4. The molecule has 9 nitrogen and oxygen atoms in total. The van der Waals surface area contributed by atoms with E-state index in [2.05, 4.69) is 94.1 Å². The summed E-state index contributed by atoms with van der Waals surface area (Å²) in [5.74, 6) is 0.161. The largest absolute Gasteiger partial charge is 0.449 e. The number of nitrogens with one attached hydrogen (secondary N) is 2. The molecule has 2 amide bonds. The molecule has 4 rings (SSSR count). The highest BCUT2D eigenvalue weighted by atomic mass is 33.1. The first-order valence-corrected chi connectivity index (χ1v) is 20.8. The quantitative estimate of drug-likeness (QED) is 0.0995. The van der Waals surface area contributed by atoms with E-state index in [1.165, 1.54) is 11.1 Å². The summed E-state index contributed by atoms with van der Waals surface area (Å²) >= 11 is 0. The van der Waals surface area contributed by atoms with Gasteiger partial charge in [0.1, 0.15) is 12.6 Å². The summed E-state index contributed by atoms with van der Waals surface area (Å²) in [6, 6.07) is 18.3. The molecule has 12 heteroatoms. The molecule has 0 saturated heterocycles. The van der Waals surface area contributed by atoms with Gasteiger partial charge in [-0.3, -0.25) is 4.79 Å². The lowest BCUT2D eigenvalue weighted by molar-refractivity contribution is -0.123. The Balaban J connectivity index is 1.33. The van der Waals surface area contributed by atoms with E-state index in [-0.39, 0.29) is 47.4 Å². The van der Waals surface area contributed by atoms with Crippen LogP contribution in [-0.2, 0) is 18.6 Å². The second-order valence-electron chi connectivity index (χ2n) is 14.1. The first-order valence-electron chi connectivity index (χ1n) is 17.4. The van der Waals surface area contributed by atoms with Gasteiger partial charge in [0.05, 0.1) is 25.2 Å². The van der Waals surface area contributed by atoms with Gasteiger partial charge in [0.2, 0.25) is 5.91 Å². The number of carbonyl (C=O) groups is 2. The van der Waals surface area contributed by atoms with Crippen LogP contribution in [0, 0.1) is 11.3 Å². The predicted octanol–water partition coefficient (Wildman–Crippen LogP) is 8.79. The smallest absolute Gasteiger partial charge is 0.407 e. The van der Waals surface area contributed by atoms with Crippen LogP contribution >= 0.6 is 30.1 Å². The minimum atomic E-state index is -1.31. The molecule has 0 aliphatic heterocycles. The molecule has 1 fully saturated rings. The van der Waals surface area contributed by atoms with Crippen molar-refractivity contribution in [2.45, 2.75) is 122 Å². The molecule has 0 spiro atoms. The summed E-state index contributed by atoms with van der Waals surface area (Å²) in [4.78, 5) is 26.9. The van der Waals surface area contributed by atoms with Crippen LogP contribution in [0.2, 0.25) is 0 Å². The predicted molar refractivity (Wildman–Crippen MR) is 202 cm³/mol. The fourth-order valence-electron chi connectivity index (χ4n) is 6.28. The maximum Gasteiger partial charge on any atom is 0.407 e. The van der Waals surface area contributed by atoms with Crippen LogP contribution in [0.5, 0.6) is 0 Å². The van der Waals surface area contributed by atoms with Crippen molar-refractivity contribution in [3.8, 4) is 17.2 Å². The Bertz CT molecular complexity index is 1370. The van der Waals surface area contributed by atoms with Crippen LogP contribution in [0.15, 0.2) is 48.5 Å². The normalized spacial score (nSPS) is 18.9. The summed E-state index contributed by atoms with van der Waals surface area (Å²) in [6.45, 7) is 15.4. The Morgan fingerprint density at radius 2 is 1.57 bits per heavy atom. The van der Waals surface area contributed by atoms with Crippen molar-refractivity contribution >= 4 is 42.1 Å². The highest BCUT2D eigenvalue weighted by Crippen LogP contribution is 2.49. The van der Waals surface area contributed by atoms with Gasteiger partial charge in [0.15, 0.2) is 0 Å². The molecule has 268 valence electrons. The van der Waals surface area contributed by atoms with E-state index in [0.29, 0.717) is 18.8 Å². The van der Waals surface area contributed by atoms with Gasteiger partial charge in [0, 0.05) is 34.5 Å². The third-order valence-electron chi connectivity index (χ3n) is 8.42. The molecule has 1 saturated carbocycles. The lowest BCUT2D eigenvalue weighted by Gasteiger charge is -2.39. The van der Waals surface area contributed by atoms with E-state index in [1.807, 2.05) is 24.3 Å². The second-order valence-corrected chi connectivity index (χ2v) is 18.7. The van der Waals surface area contributed by atoms with Crippen molar-refractivity contribution < 1.29 is 23.4 Å². The lowest BCUT2D eigenvalue weighted by atomic mass is 9.93. The maximum absolute atomic E-state index is 13.7. The van der Waals surface area contributed by atoms with E-state index >= 15 is 0 Å². The van der Waals surface area contributed by atoms with Crippen LogP contribution in [0.25, 0.3) is 11.1 Å². The van der Waals surface area contributed by atoms with Gasteiger partial charge in [-0.15, -0.1) is 0 Å². The standard InChI is InChI=1S/C37H53N4O5PS2/c1-25(2)41(26(3)4)47(45-22-12-21-38)46-28-19-17-27(18-20-28)39-35(42)34(24-48-49-37(5,6)7)40-36(43)44-23-33-31-15-10-8-13-29(31)30-14-9-11-16-32(30)33/h8-11,13-16,25-28,33-34H,12,17-20,22-24H2,1-7H3,(H,39,42)(H,40,43)/t27?,28?,34-,47?/m0/s1. The molecular formula is C37H53N4O5PS2. The number of fused-ring (bicyclic) bond motifs is 3. The monoisotopic (exact) mass is 728 g/mol. The summed E-state index contributed by atoms with van der Waals surface area (Å²) in [6.07, 6.45) is 2.84. The molecule has 0 heterocycles. The van der Waals surface area contributed by atoms with Gasteiger partial charge in [0.25, 0.3) is 8.53 Å². The Labute approximate surface area is 302 Å². The van der Waals surface area contributed by atoms with Gasteiger partial charge in [-0.2, -0.15) is 5.26 Å². The summed E-state index contributed by atoms with van der Waals surface area (Å²) in [5.41, 5.74) is 4.62. The van der Waals surface area contributed by atoms with Crippen LogP contribution in [0.4, 0.5) is 4.79 Å². The Morgan fingerprint density at radius 3 is 2.12 bits per heavy atom. The number of nitrogens with zero attached hydrogens (tertiary/aromatic N) is 2. The first kappa shape index (κ1) is 39.5. The third kappa shape index (κ3) is 11.6. The molecule has 49 heavy (non-hydrogen) atoms. The second kappa shape index (κ2) is 18.8. The number of nitriles is 1. The van der Waals surface area contributed by atoms with Crippen molar-refractivity contribution in [3.63, 3.8) is 0 Å². The SMILES string of the molecule is CC(C)N(C(C)C)P(OCCC#N)OC1CCC(NC(=O)[C@H](CSSC(C)(C)C)NC(=O)OCC2c3ccccc3-c3ccccc32)CC1. The van der Waals surface area contributed by atoms with E-state index in [0.717, 1.165) is 36.8 Å². The molecule has 2 N–H and O–H groups in total. The van der Waals surface area contributed by atoms with Crippen LogP contribution in [-0.4, -0.2) is 70.7 Å². The fourth-order valence-corrected chi connectivity index (χ4v) is 10.5. The topological polar surface area (TPSA) is 113 Å². The Kier molecular flexibility index (Phi) is 15.1. The molecular weight excluding hydrogens is 676 g/mol. The molecule has 2 aliphatic carbocycles. The van der Waals surface area contributed by atoms with Crippen LogP contribution in [0.1, 0.15) is 97.6 Å². The Morgan fingerprint density at radius 1 is 0.980 bits per heavy atom. The fraction of sp³-hybridized carbons (Fsp3) is 0.595. The third-order valence-corrected chi connectivity index (χ3v) is 13.9. The van der Waals surface area contributed by atoms with Crippen LogP contribution < -0.4 is 10.6 Å². The number of carbonyl (C=O) groups excluding carboxylic acids is 2. The van der Waals surface area contributed by atoms with Crippen molar-refractivity contribution in [2.75, 3.05) is 19.0 Å². The summed E-state index contributed by atoms with van der Waals surface area (Å²) < 4.78 is 20.7. The van der Waals surface area contributed by atoms with Crippen molar-refractivity contribution in [1.29, 1.82) is 5.26 Å². The van der Waals surface area contributed by atoms with Crippen molar-refractivity contribution in [2.24, 2.45) is 0 Å². The molecule has 2 atom stereocenters. The molecule has 0 bridgehead atoms. The molecule has 2 aliphatic rings. The maximum atomic E-state index is 13.7. The van der Waals surface area contributed by atoms with E-state index < -0.39 is 20.7 Å². The zero-order valence-electron chi connectivity index (χ0n) is 29.9. The van der Waals surface area contributed by atoms with E-state index in [1.54, 1.807) is 21.6 Å². The molecule has 2 aromatic carbocycles. The van der Waals surface area contributed by atoms with E-state index in [4.69, 9.17) is 19.0 Å². The highest BCUT2D eigenvalue weighted by molar-refractivity contribution is 8.77. The minimum absolute atomic E-state index is 0.00623. The minimum Gasteiger partial charge on any atom is -0.449 e. The number of benzene rings is 2. The number of hydrogen-bond donors (Lipinski definition) is 2. The van der Waals surface area contributed by atoms with E-state index in [9.17, 15) is 9.59 Å². The molecule has 0 aromatic heterocycles. The number of hydrogen-bond acceptors (Lipinski definition) is 9. The van der Waals surface area contributed by atoms with Gasteiger partial charge in [-0.05, 0) is 75.6 Å². The molecule has 0 radical (unpaired) electrons. The molecule has 1 unspecified atom stereocenters. The summed E-state index contributed by atoms with van der Waals surface area (Å²) in [7, 11) is 1.95. The van der Waals surface area contributed by atoms with Gasteiger partial charge < -0.3 is 24.4 Å². The number of rotatable bonds is 16. The Hall–Kier alpha value is -2.32. The lowest BCUT2D eigenvalue weighted by Crippen LogP contribution is -2.52. The van der Waals surface area contributed by atoms with Gasteiger partial charge in [-0.25, -0.2) is 9.46 Å². The molecule has 2 aromatic rings.